The van der Waals surface area contributed by atoms with E-state index in [0.717, 1.165) is 13.1 Å². The summed E-state index contributed by atoms with van der Waals surface area (Å²) in [5.74, 6) is 0.704. The van der Waals surface area contributed by atoms with E-state index >= 15 is 0 Å². The van der Waals surface area contributed by atoms with Crippen LogP contribution in [0.3, 0.4) is 0 Å². The molecule has 0 unspecified atom stereocenters. The molecule has 2 aromatic rings. The number of β-amino-alcohol motifs (C(OH)–C–C–N with tert-alkyl or cyclic N) is 1. The zero-order valence-electron chi connectivity index (χ0n) is 13.6. The standard InChI is InChI=1S/C18H23N3O2/c1-14(8-15-6-4-3-5-7-15)10-21-12-17(22)18(13-21)23-16-9-19-20(2)11-16/h3-9,11,17-18,22H,10,12-13H2,1-2H3/b14-8+/t17-,18-/m1/s1. The van der Waals surface area contributed by atoms with E-state index in [-0.39, 0.29) is 6.10 Å². The van der Waals surface area contributed by atoms with Crippen LogP contribution in [0.4, 0.5) is 0 Å². The lowest BCUT2D eigenvalue weighted by Crippen LogP contribution is -2.29. The molecule has 2 heterocycles. The highest BCUT2D eigenvalue weighted by molar-refractivity contribution is 5.52. The third-order valence-corrected chi connectivity index (χ3v) is 3.97. The van der Waals surface area contributed by atoms with Crippen LogP contribution in [0.5, 0.6) is 5.75 Å². The van der Waals surface area contributed by atoms with Crippen molar-refractivity contribution >= 4 is 6.08 Å². The van der Waals surface area contributed by atoms with Crippen molar-refractivity contribution in [2.45, 2.75) is 19.1 Å². The second kappa shape index (κ2) is 6.98. The number of hydrogen-bond donors (Lipinski definition) is 1. The summed E-state index contributed by atoms with van der Waals surface area (Å²) in [6, 6.07) is 10.3. The molecule has 1 saturated heterocycles. The van der Waals surface area contributed by atoms with Crippen molar-refractivity contribution in [3.05, 3.63) is 53.9 Å². The van der Waals surface area contributed by atoms with Crippen LogP contribution in [0.15, 0.2) is 48.3 Å². The smallest absolute Gasteiger partial charge is 0.157 e. The van der Waals surface area contributed by atoms with Gasteiger partial charge in [0.15, 0.2) is 5.75 Å². The van der Waals surface area contributed by atoms with E-state index in [9.17, 15) is 5.11 Å². The molecule has 0 radical (unpaired) electrons. The molecular weight excluding hydrogens is 290 g/mol. The minimum atomic E-state index is -0.472. The highest BCUT2D eigenvalue weighted by Gasteiger charge is 2.33. The van der Waals surface area contributed by atoms with E-state index in [1.54, 1.807) is 10.9 Å². The topological polar surface area (TPSA) is 50.5 Å². The van der Waals surface area contributed by atoms with Crippen molar-refractivity contribution in [1.82, 2.24) is 14.7 Å². The monoisotopic (exact) mass is 313 g/mol. The molecule has 0 saturated carbocycles. The average molecular weight is 313 g/mol. The van der Waals surface area contributed by atoms with Gasteiger partial charge in [0.25, 0.3) is 0 Å². The summed E-state index contributed by atoms with van der Waals surface area (Å²) in [5.41, 5.74) is 2.47. The summed E-state index contributed by atoms with van der Waals surface area (Å²) in [7, 11) is 1.85. The van der Waals surface area contributed by atoms with Crippen LogP contribution >= 0.6 is 0 Å². The number of ether oxygens (including phenoxy) is 1. The fourth-order valence-corrected chi connectivity index (χ4v) is 2.94. The summed E-state index contributed by atoms with van der Waals surface area (Å²) >= 11 is 0. The molecule has 3 rings (SSSR count). The van der Waals surface area contributed by atoms with E-state index in [1.165, 1.54) is 11.1 Å². The SMILES string of the molecule is C/C(=C\c1ccccc1)CN1C[C@@H](O)[C@H](Oc2cnn(C)c2)C1. The number of aliphatic hydroxyl groups is 1. The maximum Gasteiger partial charge on any atom is 0.157 e. The van der Waals surface area contributed by atoms with E-state index in [0.29, 0.717) is 12.3 Å². The third kappa shape index (κ3) is 4.21. The fraction of sp³-hybridized carbons (Fsp3) is 0.389. The molecule has 1 N–H and O–H groups in total. The molecule has 0 bridgehead atoms. The van der Waals surface area contributed by atoms with Crippen LogP contribution < -0.4 is 4.74 Å². The lowest BCUT2D eigenvalue weighted by molar-refractivity contribution is 0.0736. The first kappa shape index (κ1) is 15.8. The Morgan fingerprint density at radius 1 is 1.35 bits per heavy atom. The predicted molar refractivity (Wildman–Crippen MR) is 90.2 cm³/mol. The van der Waals surface area contributed by atoms with Gasteiger partial charge in [-0.05, 0) is 12.5 Å². The maximum absolute atomic E-state index is 10.2. The Morgan fingerprint density at radius 2 is 2.13 bits per heavy atom. The third-order valence-electron chi connectivity index (χ3n) is 3.97. The first-order chi connectivity index (χ1) is 11.1. The molecule has 0 spiro atoms. The molecule has 0 aliphatic carbocycles. The van der Waals surface area contributed by atoms with Crippen molar-refractivity contribution < 1.29 is 9.84 Å². The van der Waals surface area contributed by atoms with Crippen molar-refractivity contribution in [3.63, 3.8) is 0 Å². The normalized spacial score (nSPS) is 22.5. The molecule has 1 fully saturated rings. The molecule has 1 aromatic carbocycles. The van der Waals surface area contributed by atoms with E-state index in [2.05, 4.69) is 35.1 Å². The van der Waals surface area contributed by atoms with Crippen LogP contribution in [-0.2, 0) is 7.05 Å². The quantitative estimate of drug-likeness (QED) is 0.916. The Labute approximate surface area is 136 Å². The van der Waals surface area contributed by atoms with Gasteiger partial charge in [-0.25, -0.2) is 0 Å². The fourth-order valence-electron chi connectivity index (χ4n) is 2.94. The number of hydrogen-bond acceptors (Lipinski definition) is 4. The van der Waals surface area contributed by atoms with Gasteiger partial charge in [0.1, 0.15) is 12.2 Å². The van der Waals surface area contributed by atoms with E-state index in [4.69, 9.17) is 4.74 Å². The van der Waals surface area contributed by atoms with Gasteiger partial charge in [-0.1, -0.05) is 42.0 Å². The zero-order valence-corrected chi connectivity index (χ0v) is 13.6. The van der Waals surface area contributed by atoms with Gasteiger partial charge in [0.05, 0.1) is 12.4 Å². The largest absolute Gasteiger partial charge is 0.483 e. The second-order valence-electron chi connectivity index (χ2n) is 6.17. The average Bonchev–Trinajstić information content (AvgIpc) is 3.06. The van der Waals surface area contributed by atoms with Crippen LogP contribution in [0.1, 0.15) is 12.5 Å². The van der Waals surface area contributed by atoms with Gasteiger partial charge in [0.2, 0.25) is 0 Å². The zero-order chi connectivity index (χ0) is 16.2. The summed E-state index contributed by atoms with van der Waals surface area (Å²) in [4.78, 5) is 2.22. The molecule has 1 aromatic heterocycles. The number of benzene rings is 1. The lowest BCUT2D eigenvalue weighted by Gasteiger charge is -2.16. The van der Waals surface area contributed by atoms with Crippen LogP contribution in [0.25, 0.3) is 6.08 Å². The first-order valence-electron chi connectivity index (χ1n) is 7.88. The van der Waals surface area contributed by atoms with Gasteiger partial charge in [-0.3, -0.25) is 9.58 Å². The van der Waals surface area contributed by atoms with Gasteiger partial charge in [-0.2, -0.15) is 5.10 Å². The Hall–Kier alpha value is -2.11. The van der Waals surface area contributed by atoms with Gasteiger partial charge < -0.3 is 9.84 Å². The van der Waals surface area contributed by atoms with Gasteiger partial charge >= 0.3 is 0 Å². The van der Waals surface area contributed by atoms with Crippen molar-refractivity contribution in [2.24, 2.45) is 7.05 Å². The molecule has 5 heteroatoms. The first-order valence-corrected chi connectivity index (χ1v) is 7.88. The molecular formula is C18H23N3O2. The molecule has 122 valence electrons. The maximum atomic E-state index is 10.2. The minimum Gasteiger partial charge on any atom is -0.483 e. The van der Waals surface area contributed by atoms with Gasteiger partial charge in [0, 0.05) is 26.7 Å². The van der Waals surface area contributed by atoms with Crippen molar-refractivity contribution in [2.75, 3.05) is 19.6 Å². The van der Waals surface area contributed by atoms with Crippen LogP contribution in [0, 0.1) is 0 Å². The predicted octanol–water partition coefficient (Wildman–Crippen LogP) is 1.95. The summed E-state index contributed by atoms with van der Waals surface area (Å²) in [6.07, 6.45) is 5.00. The Bertz CT molecular complexity index is 666. The highest BCUT2D eigenvalue weighted by Crippen LogP contribution is 2.19. The van der Waals surface area contributed by atoms with Crippen LogP contribution in [0.2, 0.25) is 0 Å². The molecule has 2 atom stereocenters. The summed E-state index contributed by atoms with van der Waals surface area (Å²) in [6.45, 7) is 4.30. The molecule has 5 nitrogen and oxygen atoms in total. The highest BCUT2D eigenvalue weighted by atomic mass is 16.5. The van der Waals surface area contributed by atoms with E-state index < -0.39 is 6.10 Å². The summed E-state index contributed by atoms with van der Waals surface area (Å²) in [5, 5.41) is 14.3. The number of likely N-dealkylation sites (tertiary alicyclic amines) is 1. The number of aromatic nitrogens is 2. The Balaban J connectivity index is 1.57. The number of aryl methyl sites for hydroxylation is 1. The Morgan fingerprint density at radius 3 is 2.83 bits per heavy atom. The van der Waals surface area contributed by atoms with Crippen LogP contribution in [-0.4, -0.2) is 51.6 Å². The van der Waals surface area contributed by atoms with Crippen molar-refractivity contribution in [3.8, 4) is 5.75 Å². The Kier molecular flexibility index (Phi) is 4.79. The number of aliphatic hydroxyl groups excluding tert-OH is 1. The second-order valence-corrected chi connectivity index (χ2v) is 6.17. The molecule has 0 amide bonds. The number of nitrogens with zero attached hydrogens (tertiary/aromatic N) is 3. The molecule has 1 aliphatic heterocycles. The lowest BCUT2D eigenvalue weighted by atomic mass is 10.1. The molecule has 23 heavy (non-hydrogen) atoms. The molecule has 1 aliphatic rings. The number of rotatable bonds is 5. The summed E-state index contributed by atoms with van der Waals surface area (Å²) < 4.78 is 7.54. The van der Waals surface area contributed by atoms with Crippen molar-refractivity contribution in [1.29, 1.82) is 0 Å². The van der Waals surface area contributed by atoms with E-state index in [1.807, 2.05) is 31.4 Å². The van der Waals surface area contributed by atoms with Gasteiger partial charge in [-0.15, -0.1) is 0 Å². The minimum absolute atomic E-state index is 0.205.